The minimum absolute atomic E-state index is 0.0431. The summed E-state index contributed by atoms with van der Waals surface area (Å²) in [4.78, 5) is 22.8. The number of aryl methyl sites for hydroxylation is 1. The summed E-state index contributed by atoms with van der Waals surface area (Å²) in [5, 5.41) is 0.197. The Balaban J connectivity index is 2.51. The molecule has 0 aliphatic rings. The molecule has 2 N–H and O–H groups in total. The molecule has 9 heteroatoms. The number of primary amides is 1. The minimum atomic E-state index is -4.34. The van der Waals surface area contributed by atoms with E-state index in [9.17, 15) is 18.0 Å². The summed E-state index contributed by atoms with van der Waals surface area (Å²) in [6.07, 6.45) is 0. The molecule has 1 amide bonds. The standard InChI is InChI=1S/C16H14ClNO6S/c1-9-3-4-10(16(20)23-2)7-14(9)25(21,22)24-13-6-5-11(17)8-12(13)15(18)19/h3-8H,1-2H3,(H2,18,19). The van der Waals surface area contributed by atoms with Crippen molar-refractivity contribution in [3.63, 3.8) is 0 Å². The van der Waals surface area contributed by atoms with E-state index in [-0.39, 0.29) is 26.8 Å². The summed E-state index contributed by atoms with van der Waals surface area (Å²) < 4.78 is 34.8. The SMILES string of the molecule is COC(=O)c1ccc(C)c(S(=O)(=O)Oc2ccc(Cl)cc2C(N)=O)c1. The highest BCUT2D eigenvalue weighted by Gasteiger charge is 2.24. The summed E-state index contributed by atoms with van der Waals surface area (Å²) in [5.41, 5.74) is 5.43. The van der Waals surface area contributed by atoms with E-state index in [1.807, 2.05) is 0 Å². The zero-order valence-corrected chi connectivity index (χ0v) is 14.8. The third-order valence-corrected chi connectivity index (χ3v) is 4.90. The molecule has 132 valence electrons. The third-order valence-electron chi connectivity index (χ3n) is 3.29. The first-order valence-electron chi connectivity index (χ1n) is 6.88. The number of benzene rings is 2. The zero-order valence-electron chi connectivity index (χ0n) is 13.3. The Bertz CT molecular complexity index is 955. The van der Waals surface area contributed by atoms with Crippen molar-refractivity contribution < 1.29 is 26.9 Å². The van der Waals surface area contributed by atoms with Gasteiger partial charge in [-0.05, 0) is 42.8 Å². The van der Waals surface area contributed by atoms with E-state index >= 15 is 0 Å². The van der Waals surface area contributed by atoms with Gasteiger partial charge in [-0.2, -0.15) is 8.42 Å². The van der Waals surface area contributed by atoms with Gasteiger partial charge >= 0.3 is 16.1 Å². The maximum atomic E-state index is 12.6. The largest absolute Gasteiger partial charge is 0.465 e. The molecule has 0 saturated carbocycles. The molecule has 25 heavy (non-hydrogen) atoms. The van der Waals surface area contributed by atoms with E-state index in [4.69, 9.17) is 21.5 Å². The van der Waals surface area contributed by atoms with Crippen LogP contribution in [0.25, 0.3) is 0 Å². The quantitative estimate of drug-likeness (QED) is 0.626. The maximum absolute atomic E-state index is 12.6. The average Bonchev–Trinajstić information content (AvgIpc) is 2.55. The van der Waals surface area contributed by atoms with Gasteiger partial charge in [-0.25, -0.2) is 4.79 Å². The Hall–Kier alpha value is -2.58. The summed E-state index contributed by atoms with van der Waals surface area (Å²) >= 11 is 5.78. The first-order valence-corrected chi connectivity index (χ1v) is 8.67. The molecule has 0 aromatic heterocycles. The molecule has 0 aliphatic carbocycles. The van der Waals surface area contributed by atoms with E-state index in [1.54, 1.807) is 0 Å². The van der Waals surface area contributed by atoms with Crippen molar-refractivity contribution in [1.29, 1.82) is 0 Å². The van der Waals surface area contributed by atoms with Crippen LogP contribution in [-0.2, 0) is 14.9 Å². The molecule has 0 atom stereocenters. The molecule has 0 spiro atoms. The number of hydrogen-bond donors (Lipinski definition) is 1. The van der Waals surface area contributed by atoms with E-state index in [1.165, 1.54) is 44.4 Å². The van der Waals surface area contributed by atoms with Gasteiger partial charge in [0.25, 0.3) is 5.91 Å². The number of ether oxygens (including phenoxy) is 1. The summed E-state index contributed by atoms with van der Waals surface area (Å²) in [6.45, 7) is 1.54. The molecule has 0 unspecified atom stereocenters. The summed E-state index contributed by atoms with van der Waals surface area (Å²) in [6, 6.07) is 7.79. The molecule has 0 saturated heterocycles. The van der Waals surface area contributed by atoms with Crippen LogP contribution in [0.15, 0.2) is 41.3 Å². The molecule has 0 radical (unpaired) electrons. The van der Waals surface area contributed by atoms with E-state index < -0.39 is 22.0 Å². The molecule has 7 nitrogen and oxygen atoms in total. The molecule has 0 aliphatic heterocycles. The lowest BCUT2D eigenvalue weighted by Crippen LogP contribution is -2.17. The van der Waals surface area contributed by atoms with Gasteiger partial charge in [0.1, 0.15) is 4.90 Å². The Morgan fingerprint density at radius 1 is 1.12 bits per heavy atom. The predicted octanol–water partition coefficient (Wildman–Crippen LogP) is 2.30. The van der Waals surface area contributed by atoms with Gasteiger partial charge in [-0.15, -0.1) is 0 Å². The average molecular weight is 384 g/mol. The van der Waals surface area contributed by atoms with Crippen LogP contribution in [0, 0.1) is 6.92 Å². The van der Waals surface area contributed by atoms with E-state index in [0.29, 0.717) is 5.56 Å². The van der Waals surface area contributed by atoms with Crippen molar-refractivity contribution in [1.82, 2.24) is 0 Å². The lowest BCUT2D eigenvalue weighted by molar-refractivity contribution is 0.0600. The van der Waals surface area contributed by atoms with Crippen LogP contribution in [0.2, 0.25) is 5.02 Å². The highest BCUT2D eigenvalue weighted by molar-refractivity contribution is 7.87. The molecule has 2 rings (SSSR count). The van der Waals surface area contributed by atoms with Crippen molar-refractivity contribution in [2.24, 2.45) is 5.73 Å². The van der Waals surface area contributed by atoms with Gasteiger partial charge in [0.2, 0.25) is 0 Å². The van der Waals surface area contributed by atoms with Crippen molar-refractivity contribution in [2.45, 2.75) is 11.8 Å². The first-order chi connectivity index (χ1) is 11.7. The molecule has 0 heterocycles. The predicted molar refractivity (Wildman–Crippen MR) is 90.3 cm³/mol. The second-order valence-electron chi connectivity index (χ2n) is 5.01. The molecule has 2 aromatic rings. The van der Waals surface area contributed by atoms with Crippen molar-refractivity contribution in [2.75, 3.05) is 7.11 Å². The number of hydrogen-bond acceptors (Lipinski definition) is 6. The van der Waals surface area contributed by atoms with Crippen molar-refractivity contribution in [3.05, 3.63) is 58.1 Å². The summed E-state index contributed by atoms with van der Waals surface area (Å²) in [7, 11) is -3.16. The highest BCUT2D eigenvalue weighted by atomic mass is 35.5. The number of methoxy groups -OCH3 is 1. The van der Waals surface area contributed by atoms with E-state index in [2.05, 4.69) is 4.74 Å². The number of amides is 1. The van der Waals surface area contributed by atoms with Crippen molar-refractivity contribution >= 4 is 33.6 Å². The third kappa shape index (κ3) is 4.09. The van der Waals surface area contributed by atoms with E-state index in [0.717, 1.165) is 6.07 Å². The second kappa shape index (κ2) is 7.12. The lowest BCUT2D eigenvalue weighted by Gasteiger charge is -2.12. The molecular weight excluding hydrogens is 370 g/mol. The second-order valence-corrected chi connectivity index (χ2v) is 6.97. The Morgan fingerprint density at radius 3 is 2.40 bits per heavy atom. The number of nitrogens with two attached hydrogens (primary N) is 1. The summed E-state index contributed by atoms with van der Waals surface area (Å²) in [5.74, 6) is -1.85. The van der Waals surface area contributed by atoms with Crippen LogP contribution in [0.1, 0.15) is 26.3 Å². The fourth-order valence-corrected chi connectivity index (χ4v) is 3.42. The van der Waals surface area contributed by atoms with Gasteiger partial charge in [0.05, 0.1) is 18.2 Å². The lowest BCUT2D eigenvalue weighted by atomic mass is 10.1. The molecule has 2 aromatic carbocycles. The number of carbonyl (C=O) groups is 2. The first kappa shape index (κ1) is 18.8. The van der Waals surface area contributed by atoms with Crippen LogP contribution in [0.3, 0.4) is 0 Å². The monoisotopic (exact) mass is 383 g/mol. The van der Waals surface area contributed by atoms with Gasteiger partial charge in [-0.3, -0.25) is 4.79 Å². The topological polar surface area (TPSA) is 113 Å². The normalized spacial score (nSPS) is 11.0. The number of esters is 1. The van der Waals surface area contributed by atoms with Crippen LogP contribution >= 0.6 is 11.6 Å². The fourth-order valence-electron chi connectivity index (χ4n) is 2.04. The maximum Gasteiger partial charge on any atom is 0.339 e. The van der Waals surface area contributed by atoms with Crippen molar-refractivity contribution in [3.8, 4) is 5.75 Å². The Labute approximate surface area is 149 Å². The van der Waals surface area contributed by atoms with Crippen LogP contribution < -0.4 is 9.92 Å². The molecule has 0 bridgehead atoms. The highest BCUT2D eigenvalue weighted by Crippen LogP contribution is 2.27. The minimum Gasteiger partial charge on any atom is -0.465 e. The molecule has 0 fully saturated rings. The van der Waals surface area contributed by atoms with Gasteiger partial charge in [-0.1, -0.05) is 17.7 Å². The van der Waals surface area contributed by atoms with Gasteiger partial charge in [0, 0.05) is 5.02 Å². The smallest absolute Gasteiger partial charge is 0.339 e. The van der Waals surface area contributed by atoms with Gasteiger partial charge < -0.3 is 14.7 Å². The van der Waals surface area contributed by atoms with Crippen LogP contribution in [0.5, 0.6) is 5.75 Å². The van der Waals surface area contributed by atoms with Crippen LogP contribution in [0.4, 0.5) is 0 Å². The Kier molecular flexibility index (Phi) is 5.34. The number of carbonyl (C=O) groups excluding carboxylic acids is 2. The number of halogens is 1. The molecular formula is C16H14ClNO6S. The Morgan fingerprint density at radius 2 is 1.80 bits per heavy atom. The van der Waals surface area contributed by atoms with Gasteiger partial charge in [0.15, 0.2) is 5.75 Å². The zero-order chi connectivity index (χ0) is 18.8. The number of rotatable bonds is 5. The fraction of sp³-hybridized carbons (Fsp3) is 0.125. The van der Waals surface area contributed by atoms with Crippen LogP contribution in [-0.4, -0.2) is 27.4 Å².